The zero-order chi connectivity index (χ0) is 13.3. The summed E-state index contributed by atoms with van der Waals surface area (Å²) in [5.41, 5.74) is 9.20. The number of rotatable bonds is 2. The number of nitrogens with two attached hydrogens (primary N) is 1. The van der Waals surface area contributed by atoms with Crippen LogP contribution in [-0.4, -0.2) is 22.9 Å². The molecule has 0 radical (unpaired) electrons. The molecule has 1 heterocycles. The van der Waals surface area contributed by atoms with Gasteiger partial charge in [0.25, 0.3) is 0 Å². The van der Waals surface area contributed by atoms with E-state index in [0.29, 0.717) is 11.3 Å². The monoisotopic (exact) mass is 245 g/mol. The molecule has 0 unspecified atom stereocenters. The van der Waals surface area contributed by atoms with Crippen LogP contribution in [-0.2, 0) is 4.74 Å². The molecule has 0 aliphatic rings. The lowest BCUT2D eigenvalue weighted by atomic mass is 10.1. The third-order valence-electron chi connectivity index (χ3n) is 2.76. The molecule has 0 bridgehead atoms. The van der Waals surface area contributed by atoms with Gasteiger partial charge in [-0.2, -0.15) is 5.10 Å². The number of anilines is 1. The summed E-state index contributed by atoms with van der Waals surface area (Å²) < 4.78 is 6.42. The van der Waals surface area contributed by atoms with Crippen LogP contribution in [0.3, 0.4) is 0 Å². The predicted molar refractivity (Wildman–Crippen MR) is 68.8 cm³/mol. The van der Waals surface area contributed by atoms with Crippen molar-refractivity contribution in [3.05, 3.63) is 41.2 Å². The number of ether oxygens (including phenoxy) is 1. The smallest absolute Gasteiger partial charge is 0.340 e. The first-order chi connectivity index (χ1) is 8.52. The first-order valence-corrected chi connectivity index (χ1v) is 5.54. The molecular weight excluding hydrogens is 230 g/mol. The molecule has 2 rings (SSSR count). The fourth-order valence-corrected chi connectivity index (χ4v) is 1.75. The summed E-state index contributed by atoms with van der Waals surface area (Å²) in [6, 6.07) is 5.46. The van der Waals surface area contributed by atoms with E-state index in [1.54, 1.807) is 10.7 Å². The maximum Gasteiger partial charge on any atom is 0.340 e. The summed E-state index contributed by atoms with van der Waals surface area (Å²) in [6.07, 6.45) is 1.83. The van der Waals surface area contributed by atoms with Crippen LogP contribution in [0, 0.1) is 13.8 Å². The number of esters is 1. The van der Waals surface area contributed by atoms with Gasteiger partial charge in [-0.05, 0) is 37.6 Å². The van der Waals surface area contributed by atoms with Crippen molar-refractivity contribution in [2.75, 3.05) is 12.8 Å². The van der Waals surface area contributed by atoms with E-state index in [4.69, 9.17) is 10.5 Å². The normalized spacial score (nSPS) is 10.4. The number of nitrogen functional groups attached to an aromatic ring is 1. The Hall–Kier alpha value is -2.30. The van der Waals surface area contributed by atoms with Crippen LogP contribution in [0.15, 0.2) is 24.4 Å². The Kier molecular flexibility index (Phi) is 3.06. The second-order valence-electron chi connectivity index (χ2n) is 4.12. The summed E-state index contributed by atoms with van der Waals surface area (Å²) in [6.45, 7) is 3.75. The van der Waals surface area contributed by atoms with Crippen LogP contribution >= 0.6 is 0 Å². The Bertz CT molecular complexity index is 602. The van der Waals surface area contributed by atoms with Crippen LogP contribution in [0.25, 0.3) is 5.69 Å². The molecule has 0 atom stereocenters. The highest BCUT2D eigenvalue weighted by molar-refractivity contribution is 5.96. The van der Waals surface area contributed by atoms with E-state index >= 15 is 0 Å². The number of methoxy groups -OCH3 is 1. The minimum atomic E-state index is -0.443. The Morgan fingerprint density at radius 2 is 2.11 bits per heavy atom. The topological polar surface area (TPSA) is 70.1 Å². The highest BCUT2D eigenvalue weighted by Gasteiger charge is 2.14. The summed E-state index contributed by atoms with van der Waals surface area (Å²) in [5.74, 6) is -0.443. The molecule has 18 heavy (non-hydrogen) atoms. The molecule has 0 fully saturated rings. The van der Waals surface area contributed by atoms with Crippen LogP contribution < -0.4 is 5.73 Å². The van der Waals surface area contributed by atoms with Crippen LogP contribution in [0.2, 0.25) is 0 Å². The number of hydrogen-bond acceptors (Lipinski definition) is 4. The van der Waals surface area contributed by atoms with Gasteiger partial charge in [-0.15, -0.1) is 0 Å². The van der Waals surface area contributed by atoms with Gasteiger partial charge >= 0.3 is 5.97 Å². The van der Waals surface area contributed by atoms with E-state index in [1.807, 2.05) is 32.2 Å². The van der Waals surface area contributed by atoms with E-state index < -0.39 is 5.97 Å². The molecule has 1 aromatic carbocycles. The van der Waals surface area contributed by atoms with E-state index in [9.17, 15) is 4.79 Å². The zero-order valence-electron chi connectivity index (χ0n) is 10.6. The van der Waals surface area contributed by atoms with Gasteiger partial charge in [0.05, 0.1) is 24.1 Å². The summed E-state index contributed by atoms with van der Waals surface area (Å²) in [4.78, 5) is 11.6. The third-order valence-corrected chi connectivity index (χ3v) is 2.76. The minimum absolute atomic E-state index is 0.362. The Labute approximate surface area is 105 Å². The number of carbonyl (C=O) groups is 1. The molecule has 5 nitrogen and oxygen atoms in total. The molecule has 0 saturated carbocycles. The molecule has 2 N–H and O–H groups in total. The molecule has 0 aliphatic carbocycles. The Morgan fingerprint density at radius 3 is 2.67 bits per heavy atom. The second kappa shape index (κ2) is 4.52. The van der Waals surface area contributed by atoms with Gasteiger partial charge in [0, 0.05) is 11.9 Å². The number of carbonyl (C=O) groups excluding carboxylic acids is 1. The van der Waals surface area contributed by atoms with Gasteiger partial charge in [-0.25, -0.2) is 9.48 Å². The number of hydrogen-bond donors (Lipinski definition) is 1. The lowest BCUT2D eigenvalue weighted by Gasteiger charge is -2.10. The maximum atomic E-state index is 11.6. The summed E-state index contributed by atoms with van der Waals surface area (Å²) in [5, 5.41) is 4.30. The molecule has 0 amide bonds. The average Bonchev–Trinajstić information content (AvgIpc) is 2.78. The highest BCUT2D eigenvalue weighted by Crippen LogP contribution is 2.22. The molecule has 0 aliphatic heterocycles. The Morgan fingerprint density at radius 1 is 1.39 bits per heavy atom. The van der Waals surface area contributed by atoms with Gasteiger partial charge in [-0.3, -0.25) is 0 Å². The lowest BCUT2D eigenvalue weighted by Crippen LogP contribution is -2.09. The fourth-order valence-electron chi connectivity index (χ4n) is 1.75. The summed E-state index contributed by atoms with van der Waals surface area (Å²) in [7, 11) is 1.34. The van der Waals surface area contributed by atoms with E-state index in [-0.39, 0.29) is 0 Å². The second-order valence-corrected chi connectivity index (χ2v) is 4.12. The van der Waals surface area contributed by atoms with Crippen molar-refractivity contribution in [1.82, 2.24) is 9.78 Å². The first-order valence-electron chi connectivity index (χ1n) is 5.54. The van der Waals surface area contributed by atoms with Crippen LogP contribution in [0.5, 0.6) is 0 Å². The van der Waals surface area contributed by atoms with E-state index in [1.165, 1.54) is 7.11 Å². The largest absolute Gasteiger partial charge is 0.465 e. The average molecular weight is 245 g/mol. The standard InChI is InChI=1S/C13H15N3O2/c1-8-6-10(16-5-4-9(2)15-16)7-11(12(8)14)13(17)18-3/h4-7H,14H2,1-3H3. The van der Waals surface area contributed by atoms with Gasteiger partial charge in [0.1, 0.15) is 0 Å². The quantitative estimate of drug-likeness (QED) is 0.647. The van der Waals surface area contributed by atoms with Crippen molar-refractivity contribution >= 4 is 11.7 Å². The maximum absolute atomic E-state index is 11.6. The zero-order valence-corrected chi connectivity index (χ0v) is 10.6. The third kappa shape index (κ3) is 2.07. The highest BCUT2D eigenvalue weighted by atomic mass is 16.5. The number of benzene rings is 1. The molecule has 94 valence electrons. The van der Waals surface area contributed by atoms with Crippen molar-refractivity contribution in [2.45, 2.75) is 13.8 Å². The first kappa shape index (κ1) is 12.2. The molecule has 5 heteroatoms. The fraction of sp³-hybridized carbons (Fsp3) is 0.231. The number of nitrogens with zero attached hydrogens (tertiary/aromatic N) is 2. The van der Waals surface area contributed by atoms with Crippen molar-refractivity contribution in [1.29, 1.82) is 0 Å². The molecule has 1 aromatic heterocycles. The van der Waals surface area contributed by atoms with Crippen molar-refractivity contribution in [2.24, 2.45) is 0 Å². The molecular formula is C13H15N3O2. The van der Waals surface area contributed by atoms with Crippen molar-refractivity contribution < 1.29 is 9.53 Å². The van der Waals surface area contributed by atoms with E-state index in [2.05, 4.69) is 5.10 Å². The van der Waals surface area contributed by atoms with Crippen molar-refractivity contribution in [3.63, 3.8) is 0 Å². The Balaban J connectivity index is 2.57. The van der Waals surface area contributed by atoms with Gasteiger partial charge in [-0.1, -0.05) is 0 Å². The molecule has 0 saturated heterocycles. The number of aryl methyl sites for hydroxylation is 2. The van der Waals surface area contributed by atoms with Gasteiger partial charge in [0.15, 0.2) is 0 Å². The van der Waals surface area contributed by atoms with Gasteiger partial charge in [0.2, 0.25) is 0 Å². The number of aromatic nitrogens is 2. The van der Waals surface area contributed by atoms with Crippen LogP contribution in [0.4, 0.5) is 5.69 Å². The molecule has 0 spiro atoms. The van der Waals surface area contributed by atoms with Gasteiger partial charge < -0.3 is 10.5 Å². The SMILES string of the molecule is COC(=O)c1cc(-n2ccc(C)n2)cc(C)c1N. The lowest BCUT2D eigenvalue weighted by molar-refractivity contribution is 0.0602. The van der Waals surface area contributed by atoms with Crippen LogP contribution in [0.1, 0.15) is 21.6 Å². The molecule has 2 aromatic rings. The van der Waals surface area contributed by atoms with Crippen molar-refractivity contribution in [3.8, 4) is 5.69 Å². The van der Waals surface area contributed by atoms with E-state index in [0.717, 1.165) is 16.9 Å². The minimum Gasteiger partial charge on any atom is -0.465 e. The summed E-state index contributed by atoms with van der Waals surface area (Å²) >= 11 is 0. The predicted octanol–water partition coefficient (Wildman–Crippen LogP) is 1.86.